The first-order valence-corrected chi connectivity index (χ1v) is 4.19. The lowest BCUT2D eigenvalue weighted by atomic mass is 10.0. The molecule has 0 aromatic heterocycles. The number of benzene rings is 1. The van der Waals surface area contributed by atoms with Crippen LogP contribution in [0.25, 0.3) is 5.57 Å². The highest BCUT2D eigenvalue weighted by molar-refractivity contribution is 5.75. The molecule has 0 atom stereocenters. The van der Waals surface area contributed by atoms with Gasteiger partial charge in [0.25, 0.3) is 0 Å². The number of allylic oxidation sites excluding steroid dienone is 1. The van der Waals surface area contributed by atoms with Crippen molar-refractivity contribution in [3.05, 3.63) is 41.1 Å². The summed E-state index contributed by atoms with van der Waals surface area (Å²) in [5.74, 6) is 0. The van der Waals surface area contributed by atoms with Crippen LogP contribution in [0.3, 0.4) is 0 Å². The van der Waals surface area contributed by atoms with Crippen LogP contribution in [0.5, 0.6) is 0 Å². The average Bonchev–Trinajstić information content (AvgIpc) is 2.03. The number of rotatable bonds is 2. The molecule has 0 spiro atoms. The first kappa shape index (κ1) is 9.81. The van der Waals surface area contributed by atoms with E-state index in [4.69, 9.17) is 0 Å². The SMILES string of the molecule is C=C(C)c1ccc(C)cc1N(C)[O-]. The Hall–Kier alpha value is -1.28. The number of hydrogen-bond donors (Lipinski definition) is 0. The van der Waals surface area contributed by atoms with Gasteiger partial charge in [0.05, 0.1) is 0 Å². The summed E-state index contributed by atoms with van der Waals surface area (Å²) in [7, 11) is 1.50. The van der Waals surface area contributed by atoms with E-state index in [0.717, 1.165) is 21.8 Å². The molecule has 0 aliphatic rings. The molecule has 0 N–H and O–H groups in total. The summed E-state index contributed by atoms with van der Waals surface area (Å²) in [6, 6.07) is 5.79. The second-order valence-electron chi connectivity index (χ2n) is 3.30. The maximum absolute atomic E-state index is 11.2. The molecule has 0 heterocycles. The van der Waals surface area contributed by atoms with Gasteiger partial charge in [0, 0.05) is 5.69 Å². The van der Waals surface area contributed by atoms with Gasteiger partial charge in [-0.3, -0.25) is 0 Å². The predicted molar refractivity (Wildman–Crippen MR) is 57.7 cm³/mol. The third kappa shape index (κ3) is 2.10. The highest BCUT2D eigenvalue weighted by Crippen LogP contribution is 2.25. The van der Waals surface area contributed by atoms with Gasteiger partial charge in [-0.1, -0.05) is 18.7 Å². The van der Waals surface area contributed by atoms with Gasteiger partial charge >= 0.3 is 0 Å². The number of nitrogens with zero attached hydrogens (tertiary/aromatic N) is 1. The highest BCUT2D eigenvalue weighted by Gasteiger charge is 2.02. The molecule has 0 aliphatic heterocycles. The standard InChI is InChI=1S/C11H14NO/c1-8(2)10-6-5-9(3)7-11(10)12(4)13/h5-7H,1H2,2-4H3/q-1. The van der Waals surface area contributed by atoms with Crippen molar-refractivity contribution in [2.24, 2.45) is 0 Å². The van der Waals surface area contributed by atoms with Gasteiger partial charge in [-0.05, 0) is 43.7 Å². The van der Waals surface area contributed by atoms with Crippen LogP contribution in [0.1, 0.15) is 18.1 Å². The van der Waals surface area contributed by atoms with Gasteiger partial charge in [-0.25, -0.2) is 0 Å². The molecule has 2 nitrogen and oxygen atoms in total. The zero-order valence-electron chi connectivity index (χ0n) is 8.29. The summed E-state index contributed by atoms with van der Waals surface area (Å²) < 4.78 is 0. The van der Waals surface area contributed by atoms with Crippen molar-refractivity contribution in [1.82, 2.24) is 0 Å². The van der Waals surface area contributed by atoms with Gasteiger partial charge in [0.1, 0.15) is 0 Å². The maximum Gasteiger partial charge on any atom is 0.0335 e. The second kappa shape index (κ2) is 3.62. The average molecular weight is 176 g/mol. The van der Waals surface area contributed by atoms with Crippen LogP contribution in [0, 0.1) is 12.1 Å². The number of aryl methyl sites for hydroxylation is 1. The lowest BCUT2D eigenvalue weighted by Crippen LogP contribution is -2.08. The van der Waals surface area contributed by atoms with E-state index in [2.05, 4.69) is 6.58 Å². The Kier molecular flexibility index (Phi) is 2.73. The molecule has 13 heavy (non-hydrogen) atoms. The minimum Gasteiger partial charge on any atom is -0.758 e. The molecule has 1 aromatic carbocycles. The Balaban J connectivity index is 3.26. The normalized spacial score (nSPS) is 9.85. The monoisotopic (exact) mass is 176 g/mol. The summed E-state index contributed by atoms with van der Waals surface area (Å²) in [5, 5.41) is 12.1. The van der Waals surface area contributed by atoms with E-state index in [-0.39, 0.29) is 0 Å². The molecule has 0 fully saturated rings. The third-order valence-corrected chi connectivity index (χ3v) is 1.95. The van der Waals surface area contributed by atoms with E-state index in [1.54, 1.807) is 0 Å². The van der Waals surface area contributed by atoms with E-state index in [1.165, 1.54) is 7.05 Å². The molecular weight excluding hydrogens is 162 g/mol. The topological polar surface area (TPSA) is 26.3 Å². The fourth-order valence-electron chi connectivity index (χ4n) is 1.26. The van der Waals surface area contributed by atoms with E-state index < -0.39 is 0 Å². The van der Waals surface area contributed by atoms with Gasteiger partial charge in [-0.15, -0.1) is 0 Å². The minimum atomic E-state index is 0.688. The lowest BCUT2D eigenvalue weighted by Gasteiger charge is -2.28. The Morgan fingerprint density at radius 2 is 2.08 bits per heavy atom. The first-order chi connectivity index (χ1) is 6.02. The molecule has 0 aliphatic carbocycles. The lowest BCUT2D eigenvalue weighted by molar-refractivity contribution is 1.20. The van der Waals surface area contributed by atoms with E-state index in [1.807, 2.05) is 32.0 Å². The van der Waals surface area contributed by atoms with Gasteiger partial charge < -0.3 is 10.3 Å². The van der Waals surface area contributed by atoms with Gasteiger partial charge in [-0.2, -0.15) is 0 Å². The third-order valence-electron chi connectivity index (χ3n) is 1.95. The Labute approximate surface area is 79.1 Å². The van der Waals surface area contributed by atoms with Crippen molar-refractivity contribution in [3.63, 3.8) is 0 Å². The maximum atomic E-state index is 11.2. The highest BCUT2D eigenvalue weighted by atomic mass is 16.5. The fourth-order valence-corrected chi connectivity index (χ4v) is 1.26. The molecule has 0 amide bonds. The summed E-state index contributed by atoms with van der Waals surface area (Å²) in [5.41, 5.74) is 3.61. The minimum absolute atomic E-state index is 0.688. The van der Waals surface area contributed by atoms with Crippen LogP contribution in [0.15, 0.2) is 24.8 Å². The Bertz CT molecular complexity index is 329. The zero-order valence-corrected chi connectivity index (χ0v) is 8.29. The van der Waals surface area contributed by atoms with Crippen LogP contribution in [-0.2, 0) is 0 Å². The van der Waals surface area contributed by atoms with E-state index in [9.17, 15) is 5.21 Å². The molecule has 1 rings (SSSR count). The first-order valence-electron chi connectivity index (χ1n) is 4.19. The van der Waals surface area contributed by atoms with Crippen LogP contribution < -0.4 is 5.06 Å². The van der Waals surface area contributed by atoms with Crippen LogP contribution in [-0.4, -0.2) is 7.05 Å². The zero-order chi connectivity index (χ0) is 10.0. The molecule has 0 unspecified atom stereocenters. The smallest absolute Gasteiger partial charge is 0.0335 e. The van der Waals surface area contributed by atoms with Crippen molar-refractivity contribution in [1.29, 1.82) is 0 Å². The Morgan fingerprint density at radius 3 is 2.54 bits per heavy atom. The van der Waals surface area contributed by atoms with Gasteiger partial charge in [0.15, 0.2) is 0 Å². The van der Waals surface area contributed by atoms with Crippen molar-refractivity contribution >= 4 is 11.3 Å². The van der Waals surface area contributed by atoms with Crippen LogP contribution in [0.4, 0.5) is 5.69 Å². The number of anilines is 1. The number of hydrogen-bond acceptors (Lipinski definition) is 2. The number of hydroxylamine groups is 1. The van der Waals surface area contributed by atoms with Crippen molar-refractivity contribution in [2.75, 3.05) is 12.1 Å². The summed E-state index contributed by atoms with van der Waals surface area (Å²) in [4.78, 5) is 0. The molecule has 70 valence electrons. The van der Waals surface area contributed by atoms with Gasteiger partial charge in [0.2, 0.25) is 0 Å². The quantitative estimate of drug-likeness (QED) is 0.647. The van der Waals surface area contributed by atoms with E-state index >= 15 is 0 Å². The fraction of sp³-hybridized carbons (Fsp3) is 0.273. The van der Waals surface area contributed by atoms with Crippen LogP contribution in [0.2, 0.25) is 0 Å². The molecule has 1 aromatic rings. The summed E-state index contributed by atoms with van der Waals surface area (Å²) in [6.07, 6.45) is 0. The van der Waals surface area contributed by atoms with Crippen molar-refractivity contribution < 1.29 is 0 Å². The van der Waals surface area contributed by atoms with Crippen LogP contribution >= 0.6 is 0 Å². The van der Waals surface area contributed by atoms with E-state index in [0.29, 0.717) is 5.69 Å². The largest absolute Gasteiger partial charge is 0.758 e. The second-order valence-corrected chi connectivity index (χ2v) is 3.30. The summed E-state index contributed by atoms with van der Waals surface area (Å²) in [6.45, 7) is 7.70. The van der Waals surface area contributed by atoms with Crippen molar-refractivity contribution in [2.45, 2.75) is 13.8 Å². The summed E-state index contributed by atoms with van der Waals surface area (Å²) >= 11 is 0. The molecule has 2 heteroatoms. The molecule has 0 bridgehead atoms. The molecule has 0 saturated heterocycles. The molecular formula is C11H14NO-. The Morgan fingerprint density at radius 1 is 1.46 bits per heavy atom. The molecule has 0 saturated carbocycles. The molecule has 0 radical (unpaired) electrons. The van der Waals surface area contributed by atoms with Crippen molar-refractivity contribution in [3.8, 4) is 0 Å². The predicted octanol–water partition coefficient (Wildman–Crippen LogP) is 2.96.